The SMILES string of the molecule is O=C(CN1CCCCCC1=O)NC1CCC(n2cncn2)CC1. The van der Waals surface area contributed by atoms with E-state index < -0.39 is 0 Å². The monoisotopic (exact) mass is 319 g/mol. The lowest BCUT2D eigenvalue weighted by Gasteiger charge is -2.29. The van der Waals surface area contributed by atoms with Crippen LogP contribution in [0.15, 0.2) is 12.7 Å². The molecule has 1 aliphatic carbocycles. The van der Waals surface area contributed by atoms with Crippen molar-refractivity contribution in [1.82, 2.24) is 25.0 Å². The molecule has 2 aliphatic rings. The molecular formula is C16H25N5O2. The Labute approximate surface area is 136 Å². The fourth-order valence-electron chi connectivity index (χ4n) is 3.54. The van der Waals surface area contributed by atoms with Gasteiger partial charge in [0, 0.05) is 19.0 Å². The number of hydrogen-bond donors (Lipinski definition) is 1. The highest BCUT2D eigenvalue weighted by atomic mass is 16.2. The number of hydrogen-bond acceptors (Lipinski definition) is 4. The minimum absolute atomic E-state index is 0.0237. The van der Waals surface area contributed by atoms with Gasteiger partial charge in [-0.05, 0) is 38.5 Å². The average Bonchev–Trinajstić information content (AvgIpc) is 3.01. The number of amides is 2. The summed E-state index contributed by atoms with van der Waals surface area (Å²) in [6.45, 7) is 0.924. The molecule has 1 aliphatic heterocycles. The summed E-state index contributed by atoms with van der Waals surface area (Å²) in [6, 6.07) is 0.599. The van der Waals surface area contributed by atoms with Crippen LogP contribution in [0.1, 0.15) is 57.4 Å². The molecule has 7 nitrogen and oxygen atoms in total. The quantitative estimate of drug-likeness (QED) is 0.906. The smallest absolute Gasteiger partial charge is 0.239 e. The van der Waals surface area contributed by atoms with E-state index in [1.807, 2.05) is 4.68 Å². The summed E-state index contributed by atoms with van der Waals surface area (Å²) in [4.78, 5) is 29.9. The van der Waals surface area contributed by atoms with Crippen LogP contribution in [0, 0.1) is 0 Å². The molecule has 1 saturated carbocycles. The molecule has 2 amide bonds. The summed E-state index contributed by atoms with van der Waals surface area (Å²) in [5.74, 6) is 0.0944. The van der Waals surface area contributed by atoms with Crippen LogP contribution in [0.2, 0.25) is 0 Å². The second kappa shape index (κ2) is 7.57. The molecule has 3 rings (SSSR count). The maximum Gasteiger partial charge on any atom is 0.239 e. The summed E-state index contributed by atoms with van der Waals surface area (Å²) < 4.78 is 1.91. The van der Waals surface area contributed by atoms with Crippen molar-refractivity contribution in [1.29, 1.82) is 0 Å². The van der Waals surface area contributed by atoms with Crippen LogP contribution < -0.4 is 5.32 Å². The van der Waals surface area contributed by atoms with Gasteiger partial charge in [-0.25, -0.2) is 9.67 Å². The number of nitrogens with one attached hydrogen (secondary N) is 1. The zero-order valence-electron chi connectivity index (χ0n) is 13.5. The van der Waals surface area contributed by atoms with E-state index in [2.05, 4.69) is 15.4 Å². The van der Waals surface area contributed by atoms with Crippen molar-refractivity contribution in [3.8, 4) is 0 Å². The lowest BCUT2D eigenvalue weighted by molar-refractivity contribution is -0.135. The van der Waals surface area contributed by atoms with Gasteiger partial charge in [0.1, 0.15) is 12.7 Å². The fourth-order valence-corrected chi connectivity index (χ4v) is 3.54. The minimum Gasteiger partial charge on any atom is -0.352 e. The van der Waals surface area contributed by atoms with Crippen LogP contribution in [-0.4, -0.2) is 50.6 Å². The first-order valence-corrected chi connectivity index (χ1v) is 8.63. The van der Waals surface area contributed by atoms with E-state index in [4.69, 9.17) is 0 Å². The standard InChI is InChI=1S/C16H25N5O2/c22-15(10-20-9-3-1-2-4-16(20)23)19-13-5-7-14(8-6-13)21-12-17-11-18-21/h11-14H,1-10H2,(H,19,22). The topological polar surface area (TPSA) is 80.1 Å². The molecule has 0 unspecified atom stereocenters. The van der Waals surface area contributed by atoms with Gasteiger partial charge in [-0.2, -0.15) is 5.10 Å². The van der Waals surface area contributed by atoms with Gasteiger partial charge in [0.15, 0.2) is 0 Å². The number of rotatable bonds is 4. The van der Waals surface area contributed by atoms with Gasteiger partial charge in [0.25, 0.3) is 0 Å². The summed E-state index contributed by atoms with van der Waals surface area (Å²) in [5.41, 5.74) is 0. The maximum absolute atomic E-state index is 12.2. The van der Waals surface area contributed by atoms with Gasteiger partial charge < -0.3 is 10.2 Å². The molecule has 1 aromatic rings. The van der Waals surface area contributed by atoms with Crippen LogP contribution in [0.5, 0.6) is 0 Å². The van der Waals surface area contributed by atoms with E-state index in [1.165, 1.54) is 0 Å². The highest BCUT2D eigenvalue weighted by Crippen LogP contribution is 2.27. The van der Waals surface area contributed by atoms with E-state index in [0.29, 0.717) is 19.0 Å². The van der Waals surface area contributed by atoms with Gasteiger partial charge in [-0.15, -0.1) is 0 Å². The van der Waals surface area contributed by atoms with E-state index in [9.17, 15) is 9.59 Å². The van der Waals surface area contributed by atoms with Crippen molar-refractivity contribution in [2.75, 3.05) is 13.1 Å². The largest absolute Gasteiger partial charge is 0.352 e. The zero-order chi connectivity index (χ0) is 16.1. The van der Waals surface area contributed by atoms with Gasteiger partial charge in [-0.3, -0.25) is 9.59 Å². The van der Waals surface area contributed by atoms with Gasteiger partial charge in [-0.1, -0.05) is 6.42 Å². The molecule has 1 saturated heterocycles. The Morgan fingerprint density at radius 1 is 1.22 bits per heavy atom. The molecule has 0 bridgehead atoms. The Kier molecular flexibility index (Phi) is 5.25. The van der Waals surface area contributed by atoms with Crippen LogP contribution in [0.4, 0.5) is 0 Å². The normalized spacial score (nSPS) is 25.9. The lowest BCUT2D eigenvalue weighted by Crippen LogP contribution is -2.45. The second-order valence-electron chi connectivity index (χ2n) is 6.57. The van der Waals surface area contributed by atoms with Crippen LogP contribution in [-0.2, 0) is 9.59 Å². The zero-order valence-corrected chi connectivity index (χ0v) is 13.5. The van der Waals surface area contributed by atoms with E-state index in [1.54, 1.807) is 17.6 Å². The highest BCUT2D eigenvalue weighted by molar-refractivity contribution is 5.85. The molecule has 1 aromatic heterocycles. The molecule has 2 heterocycles. The van der Waals surface area contributed by atoms with E-state index >= 15 is 0 Å². The third-order valence-electron chi connectivity index (χ3n) is 4.88. The minimum atomic E-state index is -0.0237. The van der Waals surface area contributed by atoms with Gasteiger partial charge in [0.2, 0.25) is 11.8 Å². The summed E-state index contributed by atoms with van der Waals surface area (Å²) >= 11 is 0. The molecular weight excluding hydrogens is 294 g/mol. The van der Waals surface area contributed by atoms with Crippen LogP contribution in [0.3, 0.4) is 0 Å². The first-order valence-electron chi connectivity index (χ1n) is 8.63. The first-order chi connectivity index (χ1) is 11.2. The molecule has 0 radical (unpaired) electrons. The van der Waals surface area contributed by atoms with E-state index in [0.717, 1.165) is 44.9 Å². The van der Waals surface area contributed by atoms with Crippen molar-refractivity contribution in [2.24, 2.45) is 0 Å². The lowest BCUT2D eigenvalue weighted by atomic mass is 9.91. The maximum atomic E-state index is 12.2. The second-order valence-corrected chi connectivity index (χ2v) is 6.57. The average molecular weight is 319 g/mol. The van der Waals surface area contributed by atoms with Crippen LogP contribution >= 0.6 is 0 Å². The molecule has 126 valence electrons. The highest BCUT2D eigenvalue weighted by Gasteiger charge is 2.25. The van der Waals surface area contributed by atoms with Crippen LogP contribution in [0.25, 0.3) is 0 Å². The summed E-state index contributed by atoms with van der Waals surface area (Å²) in [5, 5.41) is 7.29. The first kappa shape index (κ1) is 16.0. The number of carbonyl (C=O) groups is 2. The Balaban J connectivity index is 1.43. The molecule has 7 heteroatoms. The van der Waals surface area contributed by atoms with Crippen molar-refractivity contribution in [3.05, 3.63) is 12.7 Å². The third kappa shape index (κ3) is 4.30. The number of aromatic nitrogens is 3. The van der Waals surface area contributed by atoms with E-state index in [-0.39, 0.29) is 24.4 Å². The summed E-state index contributed by atoms with van der Waals surface area (Å²) in [7, 11) is 0. The molecule has 1 N–H and O–H groups in total. The number of likely N-dealkylation sites (tertiary alicyclic amines) is 1. The molecule has 23 heavy (non-hydrogen) atoms. The third-order valence-corrected chi connectivity index (χ3v) is 4.88. The summed E-state index contributed by atoms with van der Waals surface area (Å²) in [6.07, 6.45) is 10.8. The van der Waals surface area contributed by atoms with Gasteiger partial charge in [0.05, 0.1) is 12.6 Å². The molecule has 0 atom stereocenters. The number of carbonyl (C=O) groups excluding carboxylic acids is 2. The van der Waals surface area contributed by atoms with Gasteiger partial charge >= 0.3 is 0 Å². The Hall–Kier alpha value is -1.92. The predicted octanol–water partition coefficient (Wildman–Crippen LogP) is 1.28. The van der Waals surface area contributed by atoms with Crippen molar-refractivity contribution in [2.45, 2.75) is 63.5 Å². The number of nitrogens with zero attached hydrogens (tertiary/aromatic N) is 4. The van der Waals surface area contributed by atoms with Crippen molar-refractivity contribution in [3.63, 3.8) is 0 Å². The molecule has 2 fully saturated rings. The Bertz CT molecular complexity index is 523. The molecule has 0 spiro atoms. The fraction of sp³-hybridized carbons (Fsp3) is 0.750. The molecule has 0 aromatic carbocycles. The van der Waals surface area contributed by atoms with Crippen molar-refractivity contribution < 1.29 is 9.59 Å². The van der Waals surface area contributed by atoms with Crippen molar-refractivity contribution >= 4 is 11.8 Å². The predicted molar refractivity (Wildman–Crippen MR) is 84.5 cm³/mol. The Morgan fingerprint density at radius 3 is 2.78 bits per heavy atom. The Morgan fingerprint density at radius 2 is 2.04 bits per heavy atom.